The van der Waals surface area contributed by atoms with Crippen molar-refractivity contribution in [3.8, 4) is 0 Å². The Labute approximate surface area is 76.9 Å². The maximum atomic E-state index is 7.21. The summed E-state index contributed by atoms with van der Waals surface area (Å²) in [5.74, 6) is 0.465. The molecule has 1 rings (SSSR count). The molecule has 1 aromatic carbocycles. The largest absolute Gasteiger partial charge is 0.344 e. The molecule has 2 nitrogen and oxygen atoms in total. The number of thioether (sulfide) groups is 1. The Kier molecular flexibility index (Phi) is 3.17. The highest BCUT2D eigenvalue weighted by molar-refractivity contribution is 7.98. The van der Waals surface area contributed by atoms with Crippen molar-refractivity contribution in [3.63, 3.8) is 0 Å². The molecule has 0 spiro atoms. The smallest absolute Gasteiger partial charge is 0.0944 e. The molecule has 1 aromatic rings. The molecule has 3 heteroatoms. The molecule has 0 saturated carbocycles. The van der Waals surface area contributed by atoms with Crippen LogP contribution in [0.5, 0.6) is 0 Å². The number of hydrogen-bond donors (Lipinski definition) is 2. The van der Waals surface area contributed by atoms with Crippen LogP contribution in [-0.2, 0) is 0 Å². The van der Waals surface area contributed by atoms with Crippen molar-refractivity contribution in [1.29, 1.82) is 5.41 Å². The van der Waals surface area contributed by atoms with Gasteiger partial charge in [0.15, 0.2) is 0 Å². The van der Waals surface area contributed by atoms with E-state index in [4.69, 9.17) is 5.41 Å². The van der Waals surface area contributed by atoms with Gasteiger partial charge < -0.3 is 5.32 Å². The number of hydrogen-bond acceptors (Lipinski definition) is 2. The first kappa shape index (κ1) is 9.13. The minimum absolute atomic E-state index is 0.465. The summed E-state index contributed by atoms with van der Waals surface area (Å²) in [5.41, 5.74) is 0.973. The van der Waals surface area contributed by atoms with Crippen LogP contribution in [0.4, 0.5) is 5.69 Å². The van der Waals surface area contributed by atoms with Gasteiger partial charge in [-0.1, -0.05) is 0 Å². The molecule has 64 valence electrons. The van der Waals surface area contributed by atoms with Crippen LogP contribution in [0.1, 0.15) is 6.92 Å². The number of amidine groups is 1. The Morgan fingerprint density at radius 2 is 1.92 bits per heavy atom. The van der Waals surface area contributed by atoms with E-state index in [0.717, 1.165) is 5.69 Å². The van der Waals surface area contributed by atoms with Crippen LogP contribution in [0.25, 0.3) is 0 Å². The van der Waals surface area contributed by atoms with E-state index >= 15 is 0 Å². The number of rotatable bonds is 2. The van der Waals surface area contributed by atoms with E-state index in [0.29, 0.717) is 5.84 Å². The molecule has 0 saturated heterocycles. The summed E-state index contributed by atoms with van der Waals surface area (Å²) in [5, 5.41) is 10.1. The van der Waals surface area contributed by atoms with Crippen molar-refractivity contribution < 1.29 is 0 Å². The van der Waals surface area contributed by atoms with E-state index in [2.05, 4.69) is 5.32 Å². The molecule has 0 fully saturated rings. The van der Waals surface area contributed by atoms with Crippen LogP contribution >= 0.6 is 11.8 Å². The highest BCUT2D eigenvalue weighted by Gasteiger charge is 1.92. The molecule has 0 aliphatic heterocycles. The van der Waals surface area contributed by atoms with Gasteiger partial charge in [-0.25, -0.2) is 0 Å². The maximum Gasteiger partial charge on any atom is 0.0944 e. The predicted octanol–water partition coefficient (Wildman–Crippen LogP) is 2.82. The summed E-state index contributed by atoms with van der Waals surface area (Å²) in [4.78, 5) is 1.24. The van der Waals surface area contributed by atoms with Crippen molar-refractivity contribution in [2.45, 2.75) is 11.8 Å². The molecule has 0 heterocycles. The van der Waals surface area contributed by atoms with Crippen molar-refractivity contribution in [2.24, 2.45) is 0 Å². The SMILES string of the molecule is CSc1ccc(NC(C)=N)cc1. The Morgan fingerprint density at radius 1 is 1.33 bits per heavy atom. The van der Waals surface area contributed by atoms with Gasteiger partial charge in [0.1, 0.15) is 0 Å². The van der Waals surface area contributed by atoms with Gasteiger partial charge in [0, 0.05) is 10.6 Å². The molecule has 0 atom stereocenters. The Bertz CT molecular complexity index is 266. The summed E-state index contributed by atoms with van der Waals surface area (Å²) in [7, 11) is 0. The first-order valence-electron chi connectivity index (χ1n) is 3.68. The fourth-order valence-electron chi connectivity index (χ4n) is 0.891. The molecule has 0 aliphatic rings. The first-order chi connectivity index (χ1) is 5.72. The van der Waals surface area contributed by atoms with Gasteiger partial charge in [0.2, 0.25) is 0 Å². The minimum atomic E-state index is 0.465. The number of benzene rings is 1. The Balaban J connectivity index is 2.71. The van der Waals surface area contributed by atoms with Crippen molar-refractivity contribution in [3.05, 3.63) is 24.3 Å². The third-order valence-electron chi connectivity index (χ3n) is 1.42. The molecular weight excluding hydrogens is 168 g/mol. The molecule has 2 N–H and O–H groups in total. The second-order valence-electron chi connectivity index (χ2n) is 2.48. The van der Waals surface area contributed by atoms with Gasteiger partial charge in [-0.2, -0.15) is 0 Å². The van der Waals surface area contributed by atoms with E-state index in [9.17, 15) is 0 Å². The second kappa shape index (κ2) is 4.16. The lowest BCUT2D eigenvalue weighted by molar-refractivity contribution is 1.41. The van der Waals surface area contributed by atoms with Gasteiger partial charge in [0.25, 0.3) is 0 Å². The average molecular weight is 180 g/mol. The topological polar surface area (TPSA) is 35.9 Å². The van der Waals surface area contributed by atoms with Crippen molar-refractivity contribution in [2.75, 3.05) is 11.6 Å². The van der Waals surface area contributed by atoms with E-state index < -0.39 is 0 Å². The van der Waals surface area contributed by atoms with Crippen LogP contribution in [0.3, 0.4) is 0 Å². The van der Waals surface area contributed by atoms with Crippen LogP contribution in [0.15, 0.2) is 29.2 Å². The fraction of sp³-hybridized carbons (Fsp3) is 0.222. The van der Waals surface area contributed by atoms with Gasteiger partial charge in [-0.3, -0.25) is 5.41 Å². The Morgan fingerprint density at radius 3 is 2.33 bits per heavy atom. The molecule has 12 heavy (non-hydrogen) atoms. The van der Waals surface area contributed by atoms with E-state index in [1.54, 1.807) is 18.7 Å². The monoisotopic (exact) mass is 180 g/mol. The maximum absolute atomic E-state index is 7.21. The molecule has 0 aliphatic carbocycles. The average Bonchev–Trinajstić information content (AvgIpc) is 2.05. The molecule has 0 radical (unpaired) electrons. The standard InChI is InChI=1S/C9H12N2S/c1-7(10)11-8-3-5-9(12-2)6-4-8/h3-6H,1-2H3,(H2,10,11). The lowest BCUT2D eigenvalue weighted by Crippen LogP contribution is -2.04. The summed E-state index contributed by atoms with van der Waals surface area (Å²) in [6.45, 7) is 1.72. The van der Waals surface area contributed by atoms with Crippen LogP contribution in [-0.4, -0.2) is 12.1 Å². The van der Waals surface area contributed by atoms with Gasteiger partial charge in [0.05, 0.1) is 5.84 Å². The van der Waals surface area contributed by atoms with Gasteiger partial charge in [-0.15, -0.1) is 11.8 Å². The fourth-order valence-corrected chi connectivity index (χ4v) is 1.30. The molecule has 0 unspecified atom stereocenters. The zero-order chi connectivity index (χ0) is 8.97. The summed E-state index contributed by atoms with van der Waals surface area (Å²) < 4.78 is 0. The van der Waals surface area contributed by atoms with Gasteiger partial charge in [-0.05, 0) is 37.4 Å². The summed E-state index contributed by atoms with van der Waals surface area (Å²) in [6.07, 6.45) is 2.05. The van der Waals surface area contributed by atoms with Gasteiger partial charge >= 0.3 is 0 Å². The summed E-state index contributed by atoms with van der Waals surface area (Å²) >= 11 is 1.71. The van der Waals surface area contributed by atoms with E-state index in [1.807, 2.05) is 30.5 Å². The third kappa shape index (κ3) is 2.58. The normalized spacial score (nSPS) is 9.50. The first-order valence-corrected chi connectivity index (χ1v) is 4.91. The van der Waals surface area contributed by atoms with Crippen molar-refractivity contribution >= 4 is 23.3 Å². The van der Waals surface area contributed by atoms with Crippen LogP contribution in [0, 0.1) is 5.41 Å². The lowest BCUT2D eigenvalue weighted by Gasteiger charge is -2.03. The quantitative estimate of drug-likeness (QED) is 0.417. The zero-order valence-corrected chi connectivity index (χ0v) is 8.03. The number of anilines is 1. The Hall–Kier alpha value is -0.960. The van der Waals surface area contributed by atoms with Crippen molar-refractivity contribution in [1.82, 2.24) is 0 Å². The van der Waals surface area contributed by atoms with Crippen LogP contribution < -0.4 is 5.32 Å². The second-order valence-corrected chi connectivity index (χ2v) is 3.36. The highest BCUT2D eigenvalue weighted by Crippen LogP contribution is 2.17. The molecule has 0 bridgehead atoms. The molecule has 0 amide bonds. The summed E-state index contributed by atoms with van der Waals surface area (Å²) in [6, 6.07) is 8.03. The third-order valence-corrected chi connectivity index (χ3v) is 2.17. The molecular formula is C9H12N2S. The molecule has 0 aromatic heterocycles. The van der Waals surface area contributed by atoms with Crippen LogP contribution in [0.2, 0.25) is 0 Å². The minimum Gasteiger partial charge on any atom is -0.344 e. The predicted molar refractivity (Wildman–Crippen MR) is 55.2 cm³/mol. The van der Waals surface area contributed by atoms with E-state index in [-0.39, 0.29) is 0 Å². The zero-order valence-electron chi connectivity index (χ0n) is 7.22. The lowest BCUT2D eigenvalue weighted by atomic mass is 10.3. The highest BCUT2D eigenvalue weighted by atomic mass is 32.2. The number of nitrogens with one attached hydrogen (secondary N) is 2. The van der Waals surface area contributed by atoms with E-state index in [1.165, 1.54) is 4.90 Å².